The second-order valence-corrected chi connectivity index (χ2v) is 3.14. The predicted octanol–water partition coefficient (Wildman–Crippen LogP) is 0.145. The van der Waals surface area contributed by atoms with E-state index in [1.54, 1.807) is 4.68 Å². The Balaban J connectivity index is 2.27. The first-order valence-corrected chi connectivity index (χ1v) is 4.82. The maximum absolute atomic E-state index is 9.61. The minimum atomic E-state index is -0.399. The van der Waals surface area contributed by atoms with Crippen LogP contribution in [0.5, 0.6) is 0 Å². The summed E-state index contributed by atoms with van der Waals surface area (Å²) in [7, 11) is 1.82. The van der Waals surface area contributed by atoms with Crippen LogP contribution in [0.3, 0.4) is 0 Å². The van der Waals surface area contributed by atoms with Gasteiger partial charge in [0.25, 0.3) is 0 Å². The van der Waals surface area contributed by atoms with Crippen molar-refractivity contribution in [3.8, 4) is 0 Å². The van der Waals surface area contributed by atoms with E-state index >= 15 is 0 Å². The molecule has 0 radical (unpaired) electrons. The number of aliphatic hydroxyl groups excluding tert-OH is 1. The highest BCUT2D eigenvalue weighted by Gasteiger charge is 2.09. The van der Waals surface area contributed by atoms with Crippen molar-refractivity contribution in [3.05, 3.63) is 12.2 Å². The number of aryl methyl sites for hydroxylation is 1. The van der Waals surface area contributed by atoms with E-state index in [9.17, 15) is 5.11 Å². The smallest absolute Gasteiger partial charge is 0.138 e. The van der Waals surface area contributed by atoms with Crippen LogP contribution < -0.4 is 0 Å². The third-order valence-corrected chi connectivity index (χ3v) is 2.02. The highest BCUT2D eigenvalue weighted by atomic mass is 16.5. The molecule has 1 atom stereocenters. The standard InChI is InChI=1S/C9H17N3O2/c1-3-14-5-4-8(13)6-9-10-7-11-12(9)2/h7-8,13H,3-6H2,1-2H3. The van der Waals surface area contributed by atoms with Crippen LogP contribution in [0.15, 0.2) is 6.33 Å². The van der Waals surface area contributed by atoms with Crippen LogP contribution in [0.1, 0.15) is 19.2 Å². The molecule has 0 aliphatic heterocycles. The van der Waals surface area contributed by atoms with E-state index in [1.165, 1.54) is 6.33 Å². The second-order valence-electron chi connectivity index (χ2n) is 3.14. The number of aromatic nitrogens is 3. The molecule has 14 heavy (non-hydrogen) atoms. The summed E-state index contributed by atoms with van der Waals surface area (Å²) in [5, 5.41) is 13.5. The van der Waals surface area contributed by atoms with Crippen LogP contribution in [0.2, 0.25) is 0 Å². The topological polar surface area (TPSA) is 60.2 Å². The van der Waals surface area contributed by atoms with E-state index < -0.39 is 6.10 Å². The summed E-state index contributed by atoms with van der Waals surface area (Å²) in [4.78, 5) is 4.04. The van der Waals surface area contributed by atoms with Crippen molar-refractivity contribution in [1.29, 1.82) is 0 Å². The molecule has 0 saturated carbocycles. The molecule has 80 valence electrons. The number of rotatable bonds is 6. The summed E-state index contributed by atoms with van der Waals surface area (Å²) in [6.07, 6.45) is 2.26. The minimum Gasteiger partial charge on any atom is -0.393 e. The average Bonchev–Trinajstić information content (AvgIpc) is 2.52. The first-order valence-electron chi connectivity index (χ1n) is 4.82. The zero-order valence-corrected chi connectivity index (χ0v) is 8.68. The van der Waals surface area contributed by atoms with E-state index in [0.29, 0.717) is 26.1 Å². The van der Waals surface area contributed by atoms with Crippen LogP contribution in [0, 0.1) is 0 Å². The zero-order chi connectivity index (χ0) is 10.4. The van der Waals surface area contributed by atoms with Gasteiger partial charge in [0.1, 0.15) is 12.2 Å². The first kappa shape index (κ1) is 11.1. The third-order valence-electron chi connectivity index (χ3n) is 2.02. The Morgan fingerprint density at radius 3 is 3.00 bits per heavy atom. The van der Waals surface area contributed by atoms with Crippen molar-refractivity contribution in [3.63, 3.8) is 0 Å². The number of ether oxygens (including phenoxy) is 1. The molecule has 0 fully saturated rings. The van der Waals surface area contributed by atoms with E-state index in [-0.39, 0.29) is 0 Å². The number of nitrogens with zero attached hydrogens (tertiary/aromatic N) is 3. The Bertz CT molecular complexity index is 262. The molecule has 0 aliphatic rings. The molecule has 0 bridgehead atoms. The van der Waals surface area contributed by atoms with Crippen molar-refractivity contribution in [2.45, 2.75) is 25.9 Å². The number of hydrogen-bond acceptors (Lipinski definition) is 4. The molecule has 1 rings (SSSR count). The van der Waals surface area contributed by atoms with Gasteiger partial charge in [-0.25, -0.2) is 4.98 Å². The predicted molar refractivity (Wildman–Crippen MR) is 51.8 cm³/mol. The van der Waals surface area contributed by atoms with Gasteiger partial charge in [-0.1, -0.05) is 0 Å². The lowest BCUT2D eigenvalue weighted by Gasteiger charge is -2.09. The highest BCUT2D eigenvalue weighted by molar-refractivity contribution is 4.86. The van der Waals surface area contributed by atoms with Crippen molar-refractivity contribution in [2.75, 3.05) is 13.2 Å². The van der Waals surface area contributed by atoms with Gasteiger partial charge in [-0.3, -0.25) is 4.68 Å². The fraction of sp³-hybridized carbons (Fsp3) is 0.778. The molecule has 5 nitrogen and oxygen atoms in total. The highest BCUT2D eigenvalue weighted by Crippen LogP contribution is 2.01. The van der Waals surface area contributed by atoms with Crippen LogP contribution in [-0.4, -0.2) is 39.2 Å². The molecule has 0 aromatic carbocycles. The van der Waals surface area contributed by atoms with Crippen LogP contribution in [0.4, 0.5) is 0 Å². The average molecular weight is 199 g/mol. The Morgan fingerprint density at radius 2 is 2.43 bits per heavy atom. The number of aliphatic hydroxyl groups is 1. The van der Waals surface area contributed by atoms with Gasteiger partial charge in [0.15, 0.2) is 0 Å². The SMILES string of the molecule is CCOCCC(O)Cc1ncnn1C. The Kier molecular flexibility index (Phi) is 4.55. The Morgan fingerprint density at radius 1 is 1.64 bits per heavy atom. The molecule has 1 aromatic heterocycles. The third kappa shape index (κ3) is 3.43. The van der Waals surface area contributed by atoms with E-state index in [4.69, 9.17) is 4.74 Å². The van der Waals surface area contributed by atoms with Gasteiger partial charge in [-0.2, -0.15) is 5.10 Å². The fourth-order valence-electron chi connectivity index (χ4n) is 1.18. The summed E-state index contributed by atoms with van der Waals surface area (Å²) >= 11 is 0. The molecule has 0 aliphatic carbocycles. The minimum absolute atomic E-state index is 0.399. The second kappa shape index (κ2) is 5.72. The monoisotopic (exact) mass is 199 g/mol. The van der Waals surface area contributed by atoms with Gasteiger partial charge in [-0.05, 0) is 13.3 Å². The van der Waals surface area contributed by atoms with Crippen molar-refractivity contribution >= 4 is 0 Å². The van der Waals surface area contributed by atoms with Crippen LogP contribution >= 0.6 is 0 Å². The molecule has 0 amide bonds. The van der Waals surface area contributed by atoms with Gasteiger partial charge in [-0.15, -0.1) is 0 Å². The lowest BCUT2D eigenvalue weighted by atomic mass is 10.2. The molecule has 1 aromatic rings. The molecule has 5 heteroatoms. The van der Waals surface area contributed by atoms with Gasteiger partial charge >= 0.3 is 0 Å². The normalized spacial score (nSPS) is 13.1. The lowest BCUT2D eigenvalue weighted by molar-refractivity contribution is 0.0873. The van der Waals surface area contributed by atoms with E-state index in [2.05, 4.69) is 10.1 Å². The molecule has 0 spiro atoms. The maximum Gasteiger partial charge on any atom is 0.138 e. The van der Waals surface area contributed by atoms with E-state index in [1.807, 2.05) is 14.0 Å². The number of hydrogen-bond donors (Lipinski definition) is 1. The summed E-state index contributed by atoms with van der Waals surface area (Å²) < 4.78 is 6.82. The van der Waals surface area contributed by atoms with Crippen molar-refractivity contribution in [1.82, 2.24) is 14.8 Å². The largest absolute Gasteiger partial charge is 0.393 e. The summed E-state index contributed by atoms with van der Waals surface area (Å²) in [5.74, 6) is 0.800. The first-order chi connectivity index (χ1) is 6.74. The van der Waals surface area contributed by atoms with Crippen molar-refractivity contribution < 1.29 is 9.84 Å². The quantitative estimate of drug-likeness (QED) is 0.662. The van der Waals surface area contributed by atoms with Gasteiger partial charge in [0.05, 0.1) is 6.10 Å². The molecule has 1 unspecified atom stereocenters. The van der Waals surface area contributed by atoms with Gasteiger partial charge in [0.2, 0.25) is 0 Å². The summed E-state index contributed by atoms with van der Waals surface area (Å²) in [6.45, 7) is 3.22. The zero-order valence-electron chi connectivity index (χ0n) is 8.68. The maximum atomic E-state index is 9.61. The molecule has 0 saturated heterocycles. The lowest BCUT2D eigenvalue weighted by Crippen LogP contribution is -2.16. The van der Waals surface area contributed by atoms with Gasteiger partial charge < -0.3 is 9.84 Å². The molecular formula is C9H17N3O2. The Hall–Kier alpha value is -0.940. The van der Waals surface area contributed by atoms with Crippen LogP contribution in [-0.2, 0) is 18.2 Å². The molecule has 1 heterocycles. The van der Waals surface area contributed by atoms with E-state index in [0.717, 1.165) is 5.82 Å². The summed E-state index contributed by atoms with van der Waals surface area (Å²) in [6, 6.07) is 0. The summed E-state index contributed by atoms with van der Waals surface area (Å²) in [5.41, 5.74) is 0. The fourth-order valence-corrected chi connectivity index (χ4v) is 1.18. The van der Waals surface area contributed by atoms with Crippen LogP contribution in [0.25, 0.3) is 0 Å². The Labute approximate surface area is 83.7 Å². The molecular weight excluding hydrogens is 182 g/mol. The molecule has 1 N–H and O–H groups in total. The van der Waals surface area contributed by atoms with Crippen molar-refractivity contribution in [2.24, 2.45) is 7.05 Å². The van der Waals surface area contributed by atoms with Gasteiger partial charge in [0, 0.05) is 26.7 Å².